The van der Waals surface area contributed by atoms with E-state index in [-0.39, 0.29) is 12.0 Å². The zero-order valence-corrected chi connectivity index (χ0v) is 8.15. The zero-order valence-electron chi connectivity index (χ0n) is 8.15. The lowest BCUT2D eigenvalue weighted by Crippen LogP contribution is -2.27. The van der Waals surface area contributed by atoms with E-state index in [0.717, 1.165) is 0 Å². The van der Waals surface area contributed by atoms with E-state index < -0.39 is 12.4 Å². The smallest absolute Gasteiger partial charge is 0.183 e. The molecule has 0 unspecified atom stereocenters. The van der Waals surface area contributed by atoms with Crippen molar-refractivity contribution >= 4 is 0 Å². The molecule has 1 aliphatic heterocycles. The lowest BCUT2D eigenvalue weighted by Gasteiger charge is -2.18. The normalized spacial score (nSPS) is 42.5. The SMILES string of the molecule is CO[C@@H]1O[C@@H](C(C)C)[C@H](C)[C@@H]1O. The van der Waals surface area contributed by atoms with E-state index in [1.807, 2.05) is 6.92 Å². The lowest BCUT2D eigenvalue weighted by atomic mass is 9.93. The van der Waals surface area contributed by atoms with Gasteiger partial charge in [0.2, 0.25) is 0 Å². The second-order valence-corrected chi connectivity index (χ2v) is 3.80. The first kappa shape index (κ1) is 9.96. The van der Waals surface area contributed by atoms with E-state index in [1.165, 1.54) is 0 Å². The van der Waals surface area contributed by atoms with Crippen LogP contribution in [-0.2, 0) is 9.47 Å². The summed E-state index contributed by atoms with van der Waals surface area (Å²) in [6, 6.07) is 0. The highest BCUT2D eigenvalue weighted by Gasteiger charge is 2.42. The number of aliphatic hydroxyl groups excluding tert-OH is 1. The second-order valence-electron chi connectivity index (χ2n) is 3.80. The molecule has 0 spiro atoms. The summed E-state index contributed by atoms with van der Waals surface area (Å²) >= 11 is 0. The van der Waals surface area contributed by atoms with Crippen LogP contribution in [-0.4, -0.2) is 30.7 Å². The van der Waals surface area contributed by atoms with Crippen LogP contribution in [0.5, 0.6) is 0 Å². The van der Waals surface area contributed by atoms with Crippen LogP contribution in [0.1, 0.15) is 20.8 Å². The minimum Gasteiger partial charge on any atom is -0.387 e. The summed E-state index contributed by atoms with van der Waals surface area (Å²) in [5.74, 6) is 0.588. The molecule has 3 nitrogen and oxygen atoms in total. The highest BCUT2D eigenvalue weighted by Crippen LogP contribution is 2.31. The highest BCUT2D eigenvalue weighted by molar-refractivity contribution is 4.85. The largest absolute Gasteiger partial charge is 0.387 e. The molecule has 0 amide bonds. The first-order valence-electron chi connectivity index (χ1n) is 4.44. The van der Waals surface area contributed by atoms with Gasteiger partial charge in [0.05, 0.1) is 6.10 Å². The van der Waals surface area contributed by atoms with Gasteiger partial charge in [-0.05, 0) is 5.92 Å². The van der Waals surface area contributed by atoms with E-state index in [0.29, 0.717) is 5.92 Å². The fourth-order valence-electron chi connectivity index (χ4n) is 1.76. The topological polar surface area (TPSA) is 38.7 Å². The summed E-state index contributed by atoms with van der Waals surface area (Å²) in [5.41, 5.74) is 0. The molecule has 1 saturated heterocycles. The van der Waals surface area contributed by atoms with E-state index in [4.69, 9.17) is 9.47 Å². The Hall–Kier alpha value is -0.120. The Bertz CT molecular complexity index is 147. The van der Waals surface area contributed by atoms with Crippen LogP contribution in [0.4, 0.5) is 0 Å². The van der Waals surface area contributed by atoms with Gasteiger partial charge >= 0.3 is 0 Å². The molecule has 1 N–H and O–H groups in total. The predicted molar refractivity (Wildman–Crippen MR) is 45.7 cm³/mol. The number of rotatable bonds is 2. The molecule has 0 saturated carbocycles. The molecule has 1 heterocycles. The van der Waals surface area contributed by atoms with Crippen molar-refractivity contribution in [3.8, 4) is 0 Å². The molecule has 3 heteroatoms. The molecular weight excluding hydrogens is 156 g/mol. The molecule has 1 aliphatic rings. The van der Waals surface area contributed by atoms with Crippen molar-refractivity contribution in [3.05, 3.63) is 0 Å². The monoisotopic (exact) mass is 174 g/mol. The molecule has 0 bridgehead atoms. The summed E-state index contributed by atoms with van der Waals surface area (Å²) in [7, 11) is 1.56. The predicted octanol–water partition coefficient (Wildman–Crippen LogP) is 1.01. The maximum absolute atomic E-state index is 9.63. The van der Waals surface area contributed by atoms with E-state index in [1.54, 1.807) is 7.11 Å². The number of methoxy groups -OCH3 is 1. The van der Waals surface area contributed by atoms with Crippen molar-refractivity contribution in [2.75, 3.05) is 7.11 Å². The summed E-state index contributed by atoms with van der Waals surface area (Å²) in [6.45, 7) is 6.17. The molecule has 0 aromatic heterocycles. The van der Waals surface area contributed by atoms with E-state index in [9.17, 15) is 5.11 Å². The van der Waals surface area contributed by atoms with E-state index >= 15 is 0 Å². The first-order chi connectivity index (χ1) is 5.57. The standard InChI is InChI=1S/C9H18O3/c1-5(2)8-6(3)7(10)9(11-4)12-8/h5-10H,1-4H3/t6-,7+,8+,9-/m1/s1. The van der Waals surface area contributed by atoms with Gasteiger partial charge in [-0.25, -0.2) is 0 Å². The van der Waals surface area contributed by atoms with Crippen molar-refractivity contribution in [2.45, 2.75) is 39.3 Å². The van der Waals surface area contributed by atoms with Gasteiger partial charge in [0, 0.05) is 13.0 Å². The molecule has 1 fully saturated rings. The minimum atomic E-state index is -0.484. The molecular formula is C9H18O3. The van der Waals surface area contributed by atoms with Crippen LogP contribution in [0.2, 0.25) is 0 Å². The number of hydrogen-bond donors (Lipinski definition) is 1. The van der Waals surface area contributed by atoms with Crippen molar-refractivity contribution in [3.63, 3.8) is 0 Å². The molecule has 1 rings (SSSR count). The fourth-order valence-corrected chi connectivity index (χ4v) is 1.76. The Labute approximate surface area is 73.7 Å². The minimum absolute atomic E-state index is 0.116. The third-order valence-electron chi connectivity index (χ3n) is 2.52. The van der Waals surface area contributed by atoms with Gasteiger partial charge in [0.15, 0.2) is 6.29 Å². The molecule has 0 aliphatic carbocycles. The maximum atomic E-state index is 9.63. The summed E-state index contributed by atoms with van der Waals surface area (Å²) in [6.07, 6.45) is -0.806. The van der Waals surface area contributed by atoms with Crippen LogP contribution in [0.15, 0.2) is 0 Å². The van der Waals surface area contributed by atoms with Crippen molar-refractivity contribution in [1.29, 1.82) is 0 Å². The van der Waals surface area contributed by atoms with Gasteiger partial charge in [-0.3, -0.25) is 0 Å². The molecule has 4 atom stereocenters. The molecule has 12 heavy (non-hydrogen) atoms. The second kappa shape index (κ2) is 3.73. The quantitative estimate of drug-likeness (QED) is 0.679. The number of hydrogen-bond acceptors (Lipinski definition) is 3. The molecule has 0 aromatic rings. The van der Waals surface area contributed by atoms with Crippen LogP contribution < -0.4 is 0 Å². The summed E-state index contributed by atoms with van der Waals surface area (Å²) < 4.78 is 10.5. The van der Waals surface area contributed by atoms with Gasteiger partial charge in [-0.1, -0.05) is 20.8 Å². The van der Waals surface area contributed by atoms with Crippen molar-refractivity contribution < 1.29 is 14.6 Å². The average Bonchev–Trinajstić information content (AvgIpc) is 2.30. The third-order valence-corrected chi connectivity index (χ3v) is 2.52. The number of ether oxygens (including phenoxy) is 2. The summed E-state index contributed by atoms with van der Waals surface area (Å²) in [5, 5.41) is 9.63. The Balaban J connectivity index is 2.60. The lowest BCUT2D eigenvalue weighted by molar-refractivity contribution is -0.153. The Morgan fingerprint density at radius 3 is 2.25 bits per heavy atom. The van der Waals surface area contributed by atoms with Gasteiger partial charge in [0.25, 0.3) is 0 Å². The third kappa shape index (κ3) is 1.63. The summed E-state index contributed by atoms with van der Waals surface area (Å²) in [4.78, 5) is 0. The zero-order chi connectivity index (χ0) is 9.30. The van der Waals surface area contributed by atoms with Gasteiger partial charge in [0.1, 0.15) is 6.10 Å². The Morgan fingerprint density at radius 2 is 2.00 bits per heavy atom. The van der Waals surface area contributed by atoms with Crippen LogP contribution in [0, 0.1) is 11.8 Å². The van der Waals surface area contributed by atoms with Gasteiger partial charge < -0.3 is 14.6 Å². The fraction of sp³-hybridized carbons (Fsp3) is 1.00. The first-order valence-corrected chi connectivity index (χ1v) is 4.44. The van der Waals surface area contributed by atoms with Gasteiger partial charge in [-0.2, -0.15) is 0 Å². The van der Waals surface area contributed by atoms with Crippen molar-refractivity contribution in [2.24, 2.45) is 11.8 Å². The maximum Gasteiger partial charge on any atom is 0.183 e. The van der Waals surface area contributed by atoms with Gasteiger partial charge in [-0.15, -0.1) is 0 Å². The number of aliphatic hydroxyl groups is 1. The van der Waals surface area contributed by atoms with Crippen LogP contribution in [0.3, 0.4) is 0 Å². The molecule has 0 aromatic carbocycles. The molecule has 72 valence electrons. The average molecular weight is 174 g/mol. The highest BCUT2D eigenvalue weighted by atomic mass is 16.7. The Morgan fingerprint density at radius 1 is 1.42 bits per heavy atom. The Kier molecular flexibility index (Phi) is 3.09. The van der Waals surface area contributed by atoms with Crippen LogP contribution >= 0.6 is 0 Å². The van der Waals surface area contributed by atoms with Crippen LogP contribution in [0.25, 0.3) is 0 Å². The molecule has 0 radical (unpaired) electrons. The van der Waals surface area contributed by atoms with E-state index in [2.05, 4.69) is 13.8 Å². The van der Waals surface area contributed by atoms with Crippen molar-refractivity contribution in [1.82, 2.24) is 0 Å².